The van der Waals surface area contributed by atoms with E-state index in [1.54, 1.807) is 26.0 Å². The zero-order valence-electron chi connectivity index (χ0n) is 14.6. The molecule has 0 unspecified atom stereocenters. The Morgan fingerprint density at radius 3 is 2.59 bits per heavy atom. The summed E-state index contributed by atoms with van der Waals surface area (Å²) in [5.41, 5.74) is 1.35. The lowest BCUT2D eigenvalue weighted by atomic mass is 10.1. The molecule has 0 aliphatic carbocycles. The third kappa shape index (κ3) is 3.70. The monoisotopic (exact) mass is 391 g/mol. The van der Waals surface area contributed by atoms with Crippen LogP contribution in [0.5, 0.6) is 0 Å². The number of rotatable bonds is 5. The Hall–Kier alpha value is -3.14. The number of hydrogen-bond acceptors (Lipinski definition) is 6. The summed E-state index contributed by atoms with van der Waals surface area (Å²) >= 11 is 0. The molecule has 9 nitrogen and oxygen atoms in total. The van der Waals surface area contributed by atoms with Gasteiger partial charge >= 0.3 is 6.09 Å². The Balaban J connectivity index is 1.96. The number of non-ortho nitro benzene ring substituents is 1. The lowest BCUT2D eigenvalue weighted by Gasteiger charge is -2.15. The van der Waals surface area contributed by atoms with Gasteiger partial charge < -0.3 is 4.74 Å². The Labute approximate surface area is 155 Å². The van der Waals surface area contributed by atoms with Gasteiger partial charge in [-0.2, -0.15) is 0 Å². The van der Waals surface area contributed by atoms with Crippen LogP contribution in [0.15, 0.2) is 41.3 Å². The molecule has 1 aliphatic heterocycles. The van der Waals surface area contributed by atoms with E-state index in [2.05, 4.69) is 4.72 Å². The van der Waals surface area contributed by atoms with Crippen molar-refractivity contribution in [3.8, 4) is 0 Å². The van der Waals surface area contributed by atoms with Crippen molar-refractivity contribution in [1.29, 1.82) is 0 Å². The van der Waals surface area contributed by atoms with Crippen molar-refractivity contribution in [2.24, 2.45) is 0 Å². The number of nitro groups is 1. The van der Waals surface area contributed by atoms with Gasteiger partial charge in [-0.25, -0.2) is 13.2 Å². The summed E-state index contributed by atoms with van der Waals surface area (Å²) < 4.78 is 32.9. The molecule has 1 heterocycles. The molecular formula is C17H17N3O6S. The normalized spacial score (nSPS) is 14.1. The molecule has 0 spiro atoms. The third-order valence-electron chi connectivity index (χ3n) is 4.28. The molecule has 3 rings (SSSR count). The smallest absolute Gasteiger partial charge is 0.414 e. The molecule has 1 aliphatic rings. The molecule has 0 aromatic heterocycles. The van der Waals surface area contributed by atoms with Crippen LogP contribution in [-0.2, 0) is 14.8 Å². The molecule has 27 heavy (non-hydrogen) atoms. The molecule has 10 heteroatoms. The Kier molecular flexibility index (Phi) is 4.75. The second-order valence-corrected chi connectivity index (χ2v) is 7.72. The first kappa shape index (κ1) is 18.6. The first-order chi connectivity index (χ1) is 12.7. The lowest BCUT2D eigenvalue weighted by Crippen LogP contribution is -2.23. The van der Waals surface area contributed by atoms with Crippen LogP contribution in [0.25, 0.3) is 0 Å². The van der Waals surface area contributed by atoms with Gasteiger partial charge in [-0.3, -0.25) is 19.7 Å². The van der Waals surface area contributed by atoms with Crippen LogP contribution < -0.4 is 9.62 Å². The van der Waals surface area contributed by atoms with Gasteiger partial charge in [0.05, 0.1) is 22.1 Å². The Morgan fingerprint density at radius 1 is 1.22 bits per heavy atom. The fourth-order valence-corrected chi connectivity index (χ4v) is 4.16. The summed E-state index contributed by atoms with van der Waals surface area (Å²) in [4.78, 5) is 23.3. The van der Waals surface area contributed by atoms with E-state index >= 15 is 0 Å². The van der Waals surface area contributed by atoms with Crippen LogP contribution in [-0.4, -0.2) is 32.6 Å². The topological polar surface area (TPSA) is 119 Å². The maximum atomic E-state index is 12.8. The lowest BCUT2D eigenvalue weighted by molar-refractivity contribution is -0.385. The van der Waals surface area contributed by atoms with Crippen LogP contribution in [0.3, 0.4) is 0 Å². The van der Waals surface area contributed by atoms with Crippen LogP contribution in [0.2, 0.25) is 0 Å². The number of hydrogen-bond donors (Lipinski definition) is 1. The number of nitrogens with zero attached hydrogens (tertiary/aromatic N) is 2. The van der Waals surface area contributed by atoms with Crippen molar-refractivity contribution >= 4 is 33.2 Å². The van der Waals surface area contributed by atoms with Gasteiger partial charge in [0.25, 0.3) is 15.7 Å². The van der Waals surface area contributed by atoms with E-state index in [4.69, 9.17) is 4.74 Å². The maximum absolute atomic E-state index is 12.8. The molecule has 1 saturated heterocycles. The number of benzene rings is 2. The number of cyclic esters (lactones) is 1. The van der Waals surface area contributed by atoms with Gasteiger partial charge in [0, 0.05) is 17.8 Å². The van der Waals surface area contributed by atoms with E-state index in [9.17, 15) is 23.3 Å². The standard InChI is InChI=1S/C17H17N3O6S/c1-11-8-15(20(22)23)10-16(12(11)2)27(24,25)18-13-4-3-5-14(9-13)19-6-7-26-17(19)21/h3-5,8-10,18H,6-7H2,1-2H3. The van der Waals surface area contributed by atoms with Crippen molar-refractivity contribution in [1.82, 2.24) is 0 Å². The predicted molar refractivity (Wildman–Crippen MR) is 98.5 cm³/mol. The molecular weight excluding hydrogens is 374 g/mol. The van der Waals surface area contributed by atoms with Crippen LogP contribution >= 0.6 is 0 Å². The average molecular weight is 391 g/mol. The fourth-order valence-electron chi connectivity index (χ4n) is 2.77. The highest BCUT2D eigenvalue weighted by Crippen LogP contribution is 2.28. The summed E-state index contributed by atoms with van der Waals surface area (Å²) in [6.45, 7) is 3.84. The van der Waals surface area contributed by atoms with Gasteiger partial charge in [0.1, 0.15) is 6.61 Å². The molecule has 1 amide bonds. The van der Waals surface area contributed by atoms with E-state index in [-0.39, 0.29) is 22.9 Å². The second kappa shape index (κ2) is 6.88. The molecule has 0 saturated carbocycles. The van der Waals surface area contributed by atoms with Crippen molar-refractivity contribution < 1.29 is 22.9 Å². The highest BCUT2D eigenvalue weighted by molar-refractivity contribution is 7.92. The number of aryl methyl sites for hydroxylation is 1. The second-order valence-electron chi connectivity index (χ2n) is 6.06. The maximum Gasteiger partial charge on any atom is 0.414 e. The molecule has 1 N–H and O–H groups in total. The molecule has 1 fully saturated rings. The number of ether oxygens (including phenoxy) is 1. The van der Waals surface area contributed by atoms with E-state index in [0.717, 1.165) is 6.07 Å². The molecule has 142 valence electrons. The van der Waals surface area contributed by atoms with E-state index in [1.165, 1.54) is 23.1 Å². The molecule has 2 aromatic carbocycles. The fraction of sp³-hybridized carbons (Fsp3) is 0.235. The summed E-state index contributed by atoms with van der Waals surface area (Å²) in [6, 6.07) is 8.66. The SMILES string of the molecule is Cc1cc([N+](=O)[O-])cc(S(=O)(=O)Nc2cccc(N3CCOC3=O)c2)c1C. The van der Waals surface area contributed by atoms with E-state index in [1.807, 2.05) is 0 Å². The van der Waals surface area contributed by atoms with E-state index < -0.39 is 21.0 Å². The summed E-state index contributed by atoms with van der Waals surface area (Å²) in [7, 11) is -4.07. The van der Waals surface area contributed by atoms with Crippen molar-refractivity contribution in [2.75, 3.05) is 22.8 Å². The van der Waals surface area contributed by atoms with Crippen LogP contribution in [0, 0.1) is 24.0 Å². The number of nitrogens with one attached hydrogen (secondary N) is 1. The quantitative estimate of drug-likeness (QED) is 0.618. The average Bonchev–Trinajstić information content (AvgIpc) is 3.02. The zero-order valence-corrected chi connectivity index (χ0v) is 15.4. The van der Waals surface area contributed by atoms with Crippen LogP contribution in [0.1, 0.15) is 11.1 Å². The van der Waals surface area contributed by atoms with Crippen molar-refractivity contribution in [2.45, 2.75) is 18.7 Å². The first-order valence-corrected chi connectivity index (χ1v) is 9.50. The first-order valence-electron chi connectivity index (χ1n) is 8.02. The number of nitro benzene ring substituents is 1. The summed E-state index contributed by atoms with van der Waals surface area (Å²) in [6.07, 6.45) is -0.500. The summed E-state index contributed by atoms with van der Waals surface area (Å²) in [5.74, 6) is 0. The van der Waals surface area contributed by atoms with Gasteiger partial charge in [0.2, 0.25) is 0 Å². The molecule has 0 radical (unpaired) electrons. The minimum atomic E-state index is -4.07. The molecule has 0 bridgehead atoms. The Morgan fingerprint density at radius 2 is 1.96 bits per heavy atom. The van der Waals surface area contributed by atoms with Gasteiger partial charge in [-0.15, -0.1) is 0 Å². The number of anilines is 2. The Bertz CT molecular complexity index is 1030. The van der Waals surface area contributed by atoms with Gasteiger partial charge in [0.15, 0.2) is 0 Å². The highest BCUT2D eigenvalue weighted by Gasteiger charge is 2.25. The molecule has 2 aromatic rings. The molecule has 0 atom stereocenters. The minimum Gasteiger partial charge on any atom is -0.447 e. The predicted octanol–water partition coefficient (Wildman–Crippen LogP) is 2.97. The summed E-state index contributed by atoms with van der Waals surface area (Å²) in [5, 5.41) is 11.1. The number of carbonyl (C=O) groups excluding carboxylic acids is 1. The zero-order chi connectivity index (χ0) is 19.8. The third-order valence-corrected chi connectivity index (χ3v) is 5.78. The van der Waals surface area contributed by atoms with E-state index in [0.29, 0.717) is 23.4 Å². The van der Waals surface area contributed by atoms with Gasteiger partial charge in [-0.1, -0.05) is 6.07 Å². The minimum absolute atomic E-state index is 0.166. The van der Waals surface area contributed by atoms with Crippen molar-refractivity contribution in [3.05, 3.63) is 57.6 Å². The number of carbonyl (C=O) groups is 1. The number of amides is 1. The van der Waals surface area contributed by atoms with Crippen molar-refractivity contribution in [3.63, 3.8) is 0 Å². The number of sulfonamides is 1. The van der Waals surface area contributed by atoms with Gasteiger partial charge in [-0.05, 0) is 43.2 Å². The highest BCUT2D eigenvalue weighted by atomic mass is 32.2. The van der Waals surface area contributed by atoms with Crippen LogP contribution in [0.4, 0.5) is 21.9 Å². The largest absolute Gasteiger partial charge is 0.447 e.